The number of halogens is 1. The molecule has 0 spiro atoms. The summed E-state index contributed by atoms with van der Waals surface area (Å²) in [4.78, 5) is 35.9. The molecule has 0 heterocycles. The van der Waals surface area contributed by atoms with Crippen LogP contribution in [0, 0.1) is 0 Å². The molecule has 0 aliphatic carbocycles. The van der Waals surface area contributed by atoms with Crippen LogP contribution in [0.2, 0.25) is 5.02 Å². The molecule has 31 heavy (non-hydrogen) atoms. The standard InChI is InChI=1S/C23H20ClN3O4/c24-19-10-3-4-11-20(19)26-21(28)12-13-22(29)27(15-23(30)31)25-14-17-8-5-7-16-6-1-2-9-18(16)17/h1-11,14H,12-13,15H2,(H,26,28)(H,30,31). The number of aliphatic carboxylic acids is 1. The average molecular weight is 438 g/mol. The smallest absolute Gasteiger partial charge is 0.325 e. The van der Waals surface area contributed by atoms with Crippen LogP contribution in [0.1, 0.15) is 18.4 Å². The first-order chi connectivity index (χ1) is 14.9. The summed E-state index contributed by atoms with van der Waals surface area (Å²) in [6.07, 6.45) is 1.12. The second-order valence-corrected chi connectivity index (χ2v) is 7.09. The molecule has 0 bridgehead atoms. The number of anilines is 1. The van der Waals surface area contributed by atoms with Gasteiger partial charge >= 0.3 is 5.97 Å². The molecule has 158 valence electrons. The summed E-state index contributed by atoms with van der Waals surface area (Å²) >= 11 is 6.01. The molecule has 0 aromatic heterocycles. The highest BCUT2D eigenvalue weighted by Gasteiger charge is 2.17. The van der Waals surface area contributed by atoms with E-state index in [4.69, 9.17) is 16.7 Å². The first-order valence-electron chi connectivity index (χ1n) is 9.52. The van der Waals surface area contributed by atoms with Gasteiger partial charge in [-0.2, -0.15) is 5.10 Å². The fourth-order valence-corrected chi connectivity index (χ4v) is 3.12. The fraction of sp³-hybridized carbons (Fsp3) is 0.130. The van der Waals surface area contributed by atoms with Crippen molar-refractivity contribution in [2.24, 2.45) is 5.10 Å². The van der Waals surface area contributed by atoms with Crippen LogP contribution in [0.25, 0.3) is 10.8 Å². The summed E-state index contributed by atoms with van der Waals surface area (Å²) < 4.78 is 0. The lowest BCUT2D eigenvalue weighted by Gasteiger charge is -2.15. The van der Waals surface area contributed by atoms with Crippen molar-refractivity contribution in [3.63, 3.8) is 0 Å². The zero-order valence-electron chi connectivity index (χ0n) is 16.5. The molecule has 0 saturated heterocycles. The Morgan fingerprint density at radius 2 is 1.68 bits per heavy atom. The van der Waals surface area contributed by atoms with Crippen LogP contribution < -0.4 is 5.32 Å². The van der Waals surface area contributed by atoms with E-state index in [0.29, 0.717) is 10.7 Å². The highest BCUT2D eigenvalue weighted by atomic mass is 35.5. The zero-order chi connectivity index (χ0) is 22.2. The van der Waals surface area contributed by atoms with Crippen LogP contribution in [0.15, 0.2) is 71.8 Å². The van der Waals surface area contributed by atoms with Crippen LogP contribution in [0.5, 0.6) is 0 Å². The number of nitrogens with zero attached hydrogens (tertiary/aromatic N) is 2. The van der Waals surface area contributed by atoms with Crippen LogP contribution in [-0.4, -0.2) is 40.7 Å². The molecule has 3 aromatic carbocycles. The minimum Gasteiger partial charge on any atom is -0.480 e. The van der Waals surface area contributed by atoms with Crippen molar-refractivity contribution in [1.82, 2.24) is 5.01 Å². The molecule has 0 aliphatic rings. The van der Waals surface area contributed by atoms with E-state index in [1.807, 2.05) is 42.5 Å². The molecular weight excluding hydrogens is 418 g/mol. The molecule has 0 aliphatic heterocycles. The monoisotopic (exact) mass is 437 g/mol. The molecule has 0 atom stereocenters. The van der Waals surface area contributed by atoms with Gasteiger partial charge in [0, 0.05) is 18.4 Å². The molecule has 3 rings (SSSR count). The Labute approximate surface area is 183 Å². The SMILES string of the molecule is O=C(O)CN(N=Cc1cccc2ccccc12)C(=O)CCC(=O)Nc1ccccc1Cl. The molecular formula is C23H20ClN3O4. The van der Waals surface area contributed by atoms with E-state index >= 15 is 0 Å². The molecule has 3 aromatic rings. The zero-order valence-corrected chi connectivity index (χ0v) is 17.2. The number of fused-ring (bicyclic) bond motifs is 1. The predicted molar refractivity (Wildman–Crippen MR) is 120 cm³/mol. The van der Waals surface area contributed by atoms with Gasteiger partial charge in [0.25, 0.3) is 0 Å². The van der Waals surface area contributed by atoms with Gasteiger partial charge in [-0.3, -0.25) is 14.4 Å². The Kier molecular flexibility index (Phi) is 7.35. The summed E-state index contributed by atoms with van der Waals surface area (Å²) in [5, 5.41) is 19.0. The number of para-hydroxylation sites is 1. The lowest BCUT2D eigenvalue weighted by atomic mass is 10.1. The summed E-state index contributed by atoms with van der Waals surface area (Å²) in [7, 11) is 0. The molecule has 0 unspecified atom stereocenters. The third kappa shape index (κ3) is 6.13. The summed E-state index contributed by atoms with van der Waals surface area (Å²) in [6, 6.07) is 20.0. The van der Waals surface area contributed by atoms with Gasteiger partial charge in [0.05, 0.1) is 16.9 Å². The highest BCUT2D eigenvalue weighted by Crippen LogP contribution is 2.21. The van der Waals surface area contributed by atoms with E-state index < -0.39 is 24.3 Å². The first-order valence-corrected chi connectivity index (χ1v) is 9.90. The highest BCUT2D eigenvalue weighted by molar-refractivity contribution is 6.33. The number of nitrogens with one attached hydrogen (secondary N) is 1. The maximum Gasteiger partial charge on any atom is 0.325 e. The normalized spacial score (nSPS) is 10.9. The van der Waals surface area contributed by atoms with Gasteiger partial charge in [-0.15, -0.1) is 0 Å². The minimum atomic E-state index is -1.20. The van der Waals surface area contributed by atoms with E-state index in [1.54, 1.807) is 24.3 Å². The van der Waals surface area contributed by atoms with E-state index in [0.717, 1.165) is 21.3 Å². The van der Waals surface area contributed by atoms with Crippen molar-refractivity contribution >= 4 is 52.1 Å². The topological polar surface area (TPSA) is 99.1 Å². The van der Waals surface area contributed by atoms with Crippen molar-refractivity contribution in [2.75, 3.05) is 11.9 Å². The molecule has 0 fully saturated rings. The van der Waals surface area contributed by atoms with E-state index in [2.05, 4.69) is 10.4 Å². The second-order valence-electron chi connectivity index (χ2n) is 6.69. The molecule has 8 heteroatoms. The number of carbonyl (C=O) groups excluding carboxylic acids is 2. The number of hydrazone groups is 1. The van der Waals surface area contributed by atoms with E-state index in [-0.39, 0.29) is 12.8 Å². The number of carboxylic acids is 1. The number of hydrogen-bond donors (Lipinski definition) is 2. The summed E-state index contributed by atoms with van der Waals surface area (Å²) in [5.74, 6) is -2.19. The lowest BCUT2D eigenvalue weighted by Crippen LogP contribution is -2.32. The molecule has 0 saturated carbocycles. The fourth-order valence-electron chi connectivity index (χ4n) is 2.94. The summed E-state index contributed by atoms with van der Waals surface area (Å²) in [5.41, 5.74) is 1.19. The van der Waals surface area contributed by atoms with Gasteiger partial charge in [-0.1, -0.05) is 66.2 Å². The number of amides is 2. The Morgan fingerprint density at radius 1 is 0.968 bits per heavy atom. The maximum atomic E-state index is 12.5. The predicted octanol–water partition coefficient (Wildman–Crippen LogP) is 4.16. The van der Waals surface area contributed by atoms with Crippen LogP contribution in [-0.2, 0) is 14.4 Å². The van der Waals surface area contributed by atoms with Crippen molar-refractivity contribution < 1.29 is 19.5 Å². The third-order valence-electron chi connectivity index (χ3n) is 4.45. The first kappa shape index (κ1) is 22.0. The average Bonchev–Trinajstić information content (AvgIpc) is 2.76. The Bertz CT molecular complexity index is 1140. The third-order valence-corrected chi connectivity index (χ3v) is 4.78. The van der Waals surface area contributed by atoms with Crippen LogP contribution >= 0.6 is 11.6 Å². The molecule has 0 radical (unpaired) electrons. The van der Waals surface area contributed by atoms with Crippen molar-refractivity contribution in [2.45, 2.75) is 12.8 Å². The van der Waals surface area contributed by atoms with Gasteiger partial charge in [-0.05, 0) is 22.9 Å². The summed E-state index contributed by atoms with van der Waals surface area (Å²) in [6.45, 7) is -0.605. The van der Waals surface area contributed by atoms with E-state index in [9.17, 15) is 14.4 Å². The minimum absolute atomic E-state index is 0.135. The Hall–Kier alpha value is -3.71. The van der Waals surface area contributed by atoms with Crippen LogP contribution in [0.4, 0.5) is 5.69 Å². The molecule has 2 N–H and O–H groups in total. The van der Waals surface area contributed by atoms with Gasteiger partial charge in [0.1, 0.15) is 6.54 Å². The number of carboxylic acid groups (broad SMARTS) is 1. The second kappa shape index (κ2) is 10.4. The Balaban J connectivity index is 1.67. The van der Waals surface area contributed by atoms with Gasteiger partial charge in [0.2, 0.25) is 11.8 Å². The van der Waals surface area contributed by atoms with E-state index in [1.165, 1.54) is 6.21 Å². The van der Waals surface area contributed by atoms with Gasteiger partial charge in [-0.25, -0.2) is 5.01 Å². The largest absolute Gasteiger partial charge is 0.480 e. The van der Waals surface area contributed by atoms with Crippen molar-refractivity contribution in [1.29, 1.82) is 0 Å². The molecule has 2 amide bonds. The maximum absolute atomic E-state index is 12.5. The van der Waals surface area contributed by atoms with Crippen molar-refractivity contribution in [3.05, 3.63) is 77.3 Å². The number of benzene rings is 3. The number of carbonyl (C=O) groups is 3. The Morgan fingerprint density at radius 3 is 2.45 bits per heavy atom. The van der Waals surface area contributed by atoms with Crippen LogP contribution in [0.3, 0.4) is 0 Å². The van der Waals surface area contributed by atoms with Gasteiger partial charge < -0.3 is 10.4 Å². The number of rotatable bonds is 8. The van der Waals surface area contributed by atoms with Gasteiger partial charge in [0.15, 0.2) is 0 Å². The molecule has 7 nitrogen and oxygen atoms in total. The lowest BCUT2D eigenvalue weighted by molar-refractivity contribution is -0.144. The quantitative estimate of drug-likeness (QED) is 0.408. The number of hydrogen-bond acceptors (Lipinski definition) is 4. The van der Waals surface area contributed by atoms with Crippen molar-refractivity contribution in [3.8, 4) is 0 Å².